The molecule has 5 nitrogen and oxygen atoms in total. The van der Waals surface area contributed by atoms with Gasteiger partial charge in [-0.05, 0) is 59.0 Å². The van der Waals surface area contributed by atoms with E-state index < -0.39 is 0 Å². The number of aryl methyl sites for hydroxylation is 1. The van der Waals surface area contributed by atoms with E-state index >= 15 is 0 Å². The van der Waals surface area contributed by atoms with Crippen molar-refractivity contribution >= 4 is 10.9 Å². The first-order chi connectivity index (χ1) is 22.9. The maximum Gasteiger partial charge on any atom is 0.161 e. The zero-order valence-electron chi connectivity index (χ0n) is 26.3. The zero-order chi connectivity index (χ0) is 32.1. The number of pyridine rings is 1. The SMILES string of the molecule is Cc1cccnc1-c1nc(-c2ccccc2-c2ccc(-c3cccc4c3C(C)(C)c3cccc(C#N)c3O4)cc2)nc2ccccc12. The normalized spacial score (nSPS) is 12.9. The van der Waals surface area contributed by atoms with Gasteiger partial charge in [0.15, 0.2) is 5.82 Å². The van der Waals surface area contributed by atoms with E-state index in [9.17, 15) is 5.26 Å². The van der Waals surface area contributed by atoms with E-state index in [1.807, 2.05) is 60.8 Å². The lowest BCUT2D eigenvalue weighted by Crippen LogP contribution is -2.25. The molecule has 1 aliphatic heterocycles. The van der Waals surface area contributed by atoms with Crippen LogP contribution in [0.3, 0.4) is 0 Å². The molecule has 0 saturated heterocycles. The Morgan fingerprint density at radius 1 is 0.660 bits per heavy atom. The van der Waals surface area contributed by atoms with Crippen LogP contribution in [0.5, 0.6) is 11.5 Å². The molecule has 0 spiro atoms. The summed E-state index contributed by atoms with van der Waals surface area (Å²) in [4.78, 5) is 14.9. The second-order valence-electron chi connectivity index (χ2n) is 12.4. The molecule has 7 aromatic rings. The lowest BCUT2D eigenvalue weighted by molar-refractivity contribution is 0.417. The molecule has 2 aromatic heterocycles. The van der Waals surface area contributed by atoms with E-state index in [-0.39, 0.29) is 5.41 Å². The second-order valence-corrected chi connectivity index (χ2v) is 12.4. The minimum absolute atomic E-state index is 0.366. The van der Waals surface area contributed by atoms with E-state index in [2.05, 4.69) is 93.6 Å². The molecule has 0 unspecified atom stereocenters. The predicted octanol–water partition coefficient (Wildman–Crippen LogP) is 10.3. The van der Waals surface area contributed by atoms with Crippen LogP contribution < -0.4 is 4.74 Å². The summed E-state index contributed by atoms with van der Waals surface area (Å²) in [6.07, 6.45) is 1.81. The Bertz CT molecular complexity index is 2390. The van der Waals surface area contributed by atoms with E-state index in [1.165, 1.54) is 0 Å². The fraction of sp³-hybridized carbons (Fsp3) is 0.0952. The fourth-order valence-electron chi connectivity index (χ4n) is 6.84. The third-order valence-corrected chi connectivity index (χ3v) is 9.18. The molecular formula is C42H30N4O. The summed E-state index contributed by atoms with van der Waals surface area (Å²) in [5, 5.41) is 10.7. The Kier molecular flexibility index (Phi) is 6.66. The van der Waals surface area contributed by atoms with Crippen molar-refractivity contribution in [2.45, 2.75) is 26.2 Å². The van der Waals surface area contributed by atoms with Crippen molar-refractivity contribution in [2.75, 3.05) is 0 Å². The Balaban J connectivity index is 1.22. The summed E-state index contributed by atoms with van der Waals surface area (Å²) in [6, 6.07) is 43.3. The number of nitriles is 1. The molecule has 0 saturated carbocycles. The molecule has 5 heteroatoms. The third kappa shape index (κ3) is 4.65. The van der Waals surface area contributed by atoms with Gasteiger partial charge in [0, 0.05) is 33.7 Å². The van der Waals surface area contributed by atoms with Crippen molar-refractivity contribution < 1.29 is 4.74 Å². The number of fused-ring (bicyclic) bond motifs is 3. The largest absolute Gasteiger partial charge is 0.455 e. The van der Waals surface area contributed by atoms with Gasteiger partial charge in [-0.25, -0.2) is 9.97 Å². The molecule has 0 aliphatic carbocycles. The summed E-state index contributed by atoms with van der Waals surface area (Å²) in [5.41, 5.74) is 11.2. The molecule has 0 atom stereocenters. The molecule has 224 valence electrons. The second kappa shape index (κ2) is 11.0. The Morgan fingerprint density at radius 3 is 2.15 bits per heavy atom. The number of para-hydroxylation sites is 2. The first-order valence-electron chi connectivity index (χ1n) is 15.7. The smallest absolute Gasteiger partial charge is 0.161 e. The molecule has 0 amide bonds. The van der Waals surface area contributed by atoms with Crippen LogP contribution in [0, 0.1) is 18.3 Å². The highest BCUT2D eigenvalue weighted by Gasteiger charge is 2.37. The summed E-state index contributed by atoms with van der Waals surface area (Å²) in [6.45, 7) is 6.47. The maximum atomic E-state index is 9.74. The highest BCUT2D eigenvalue weighted by atomic mass is 16.5. The lowest BCUT2D eigenvalue weighted by Gasteiger charge is -2.36. The van der Waals surface area contributed by atoms with E-state index in [0.717, 1.165) is 72.5 Å². The van der Waals surface area contributed by atoms with Crippen LogP contribution in [0.2, 0.25) is 0 Å². The Labute approximate surface area is 273 Å². The first-order valence-corrected chi connectivity index (χ1v) is 15.7. The van der Waals surface area contributed by atoms with Crippen molar-refractivity contribution in [1.29, 1.82) is 5.26 Å². The van der Waals surface area contributed by atoms with Crippen molar-refractivity contribution in [1.82, 2.24) is 15.0 Å². The molecule has 8 rings (SSSR count). The fourth-order valence-corrected chi connectivity index (χ4v) is 6.84. The van der Waals surface area contributed by atoms with Gasteiger partial charge in [0.1, 0.15) is 23.3 Å². The standard InChI is InChI=1S/C42H30N4O/c1-26-11-10-24-44-38(26)39-33-15-6-7-18-35(33)45-41(46-39)32-14-5-4-13-30(32)27-20-22-28(23-21-27)31-16-9-19-36-37(31)42(2,3)34-17-8-12-29(25-43)40(34)47-36/h4-24H,1-3H3. The summed E-state index contributed by atoms with van der Waals surface area (Å²) < 4.78 is 6.39. The zero-order valence-corrected chi connectivity index (χ0v) is 26.3. The van der Waals surface area contributed by atoms with Gasteiger partial charge in [-0.1, -0.05) is 111 Å². The molecule has 1 aliphatic rings. The van der Waals surface area contributed by atoms with Crippen LogP contribution in [0.15, 0.2) is 128 Å². The monoisotopic (exact) mass is 606 g/mol. The molecule has 0 bridgehead atoms. The average Bonchev–Trinajstić information content (AvgIpc) is 3.11. The van der Waals surface area contributed by atoms with Crippen LogP contribution in [0.4, 0.5) is 0 Å². The first kappa shape index (κ1) is 28.4. The van der Waals surface area contributed by atoms with Crippen LogP contribution in [0.1, 0.15) is 36.1 Å². The van der Waals surface area contributed by atoms with Gasteiger partial charge >= 0.3 is 0 Å². The maximum absolute atomic E-state index is 9.74. The van der Waals surface area contributed by atoms with Crippen molar-refractivity contribution in [3.63, 3.8) is 0 Å². The number of rotatable bonds is 4. The number of ether oxygens (including phenoxy) is 1. The highest BCUT2D eigenvalue weighted by molar-refractivity contribution is 5.94. The van der Waals surface area contributed by atoms with E-state index in [0.29, 0.717) is 17.1 Å². The molecule has 0 N–H and O–H groups in total. The summed E-state index contributed by atoms with van der Waals surface area (Å²) >= 11 is 0. The minimum atomic E-state index is -0.366. The van der Waals surface area contributed by atoms with E-state index in [1.54, 1.807) is 0 Å². The summed E-state index contributed by atoms with van der Waals surface area (Å²) in [5.74, 6) is 2.09. The van der Waals surface area contributed by atoms with Gasteiger partial charge in [-0.3, -0.25) is 4.98 Å². The topological polar surface area (TPSA) is 71.7 Å². The molecule has 0 fully saturated rings. The minimum Gasteiger partial charge on any atom is -0.455 e. The van der Waals surface area contributed by atoms with Crippen LogP contribution in [-0.2, 0) is 5.41 Å². The Hall–Kier alpha value is -6.12. The van der Waals surface area contributed by atoms with E-state index in [4.69, 9.17) is 19.7 Å². The van der Waals surface area contributed by atoms with Gasteiger partial charge in [0.2, 0.25) is 0 Å². The van der Waals surface area contributed by atoms with Gasteiger partial charge in [-0.2, -0.15) is 5.26 Å². The number of hydrogen-bond acceptors (Lipinski definition) is 5. The molecule has 47 heavy (non-hydrogen) atoms. The van der Waals surface area contributed by atoms with Crippen molar-refractivity contribution in [3.8, 4) is 62.6 Å². The number of aromatic nitrogens is 3. The lowest BCUT2D eigenvalue weighted by atomic mass is 9.72. The highest BCUT2D eigenvalue weighted by Crippen LogP contribution is 2.52. The average molecular weight is 607 g/mol. The molecular weight excluding hydrogens is 576 g/mol. The summed E-state index contributed by atoms with van der Waals surface area (Å²) in [7, 11) is 0. The van der Waals surface area contributed by atoms with Gasteiger partial charge in [0.25, 0.3) is 0 Å². The Morgan fingerprint density at radius 2 is 1.36 bits per heavy atom. The quantitative estimate of drug-likeness (QED) is 0.199. The van der Waals surface area contributed by atoms with Crippen molar-refractivity contribution in [2.24, 2.45) is 0 Å². The van der Waals surface area contributed by atoms with Crippen LogP contribution in [-0.4, -0.2) is 15.0 Å². The molecule has 3 heterocycles. The van der Waals surface area contributed by atoms with Crippen LogP contribution in [0.25, 0.3) is 55.9 Å². The van der Waals surface area contributed by atoms with Crippen LogP contribution >= 0.6 is 0 Å². The van der Waals surface area contributed by atoms with Gasteiger partial charge in [0.05, 0.1) is 16.8 Å². The molecule has 5 aromatic carbocycles. The predicted molar refractivity (Wildman–Crippen MR) is 187 cm³/mol. The van der Waals surface area contributed by atoms with Crippen molar-refractivity contribution in [3.05, 3.63) is 150 Å². The van der Waals surface area contributed by atoms with Gasteiger partial charge < -0.3 is 4.74 Å². The van der Waals surface area contributed by atoms with Gasteiger partial charge in [-0.15, -0.1) is 0 Å². The third-order valence-electron chi connectivity index (χ3n) is 9.18. The number of hydrogen-bond donors (Lipinski definition) is 0. The number of nitrogens with zero attached hydrogens (tertiary/aromatic N) is 4. The number of benzene rings is 5. The molecule has 0 radical (unpaired) electrons.